The van der Waals surface area contributed by atoms with Crippen LogP contribution in [0.15, 0.2) is 63.8 Å². The molecule has 1 atom stereocenters. The Bertz CT molecular complexity index is 931. The normalized spacial score (nSPS) is 11.9. The van der Waals surface area contributed by atoms with Crippen LogP contribution in [0.4, 0.5) is 0 Å². The summed E-state index contributed by atoms with van der Waals surface area (Å²) < 4.78 is 10.5. The van der Waals surface area contributed by atoms with Crippen molar-refractivity contribution in [2.75, 3.05) is 7.11 Å². The first kappa shape index (κ1) is 15.8. The first-order valence-electron chi connectivity index (χ1n) is 7.57. The van der Waals surface area contributed by atoms with Crippen molar-refractivity contribution in [3.63, 3.8) is 0 Å². The van der Waals surface area contributed by atoms with Crippen LogP contribution in [0.3, 0.4) is 0 Å². The number of carbonyl (C=O) groups excluding carboxylic acids is 1. The lowest BCUT2D eigenvalue weighted by atomic mass is 10.1. The summed E-state index contributed by atoms with van der Waals surface area (Å²) in [6.45, 7) is 1.86. The maximum absolute atomic E-state index is 12.4. The molecule has 122 valence electrons. The maximum Gasteiger partial charge on any atom is 0.349 e. The number of ether oxygens (including phenoxy) is 1. The number of hydrogen-bond acceptors (Lipinski definition) is 4. The molecule has 24 heavy (non-hydrogen) atoms. The Morgan fingerprint density at radius 2 is 1.88 bits per heavy atom. The molecule has 3 aromatic rings. The Hall–Kier alpha value is -3.08. The molecular formula is C19H17NO4. The molecule has 0 spiro atoms. The third-order valence-corrected chi connectivity index (χ3v) is 3.84. The Morgan fingerprint density at radius 1 is 1.12 bits per heavy atom. The molecule has 1 N–H and O–H groups in total. The number of fused-ring (bicyclic) bond motifs is 1. The lowest BCUT2D eigenvalue weighted by Crippen LogP contribution is -2.30. The highest BCUT2D eigenvalue weighted by atomic mass is 16.5. The predicted octanol–water partition coefficient (Wildman–Crippen LogP) is 3.29. The van der Waals surface area contributed by atoms with Crippen LogP contribution >= 0.6 is 0 Å². The van der Waals surface area contributed by atoms with Crippen LogP contribution in [-0.4, -0.2) is 13.0 Å². The smallest absolute Gasteiger partial charge is 0.349 e. The second kappa shape index (κ2) is 6.58. The summed E-state index contributed by atoms with van der Waals surface area (Å²) in [6, 6.07) is 16.1. The van der Waals surface area contributed by atoms with Gasteiger partial charge in [0.15, 0.2) is 11.3 Å². The van der Waals surface area contributed by atoms with E-state index in [0.29, 0.717) is 16.7 Å². The average molecular weight is 323 g/mol. The van der Waals surface area contributed by atoms with Crippen molar-refractivity contribution in [3.05, 3.63) is 76.1 Å². The van der Waals surface area contributed by atoms with E-state index in [-0.39, 0.29) is 11.6 Å². The van der Waals surface area contributed by atoms with Crippen molar-refractivity contribution in [2.45, 2.75) is 13.0 Å². The number of rotatable bonds is 4. The molecule has 0 saturated carbocycles. The number of amides is 1. The molecule has 0 aliphatic carbocycles. The largest absolute Gasteiger partial charge is 0.493 e. The highest BCUT2D eigenvalue weighted by Crippen LogP contribution is 2.24. The Labute approximate surface area is 138 Å². The molecule has 0 saturated heterocycles. The van der Waals surface area contributed by atoms with Crippen LogP contribution in [-0.2, 0) is 0 Å². The lowest BCUT2D eigenvalue weighted by Gasteiger charge is -2.14. The van der Waals surface area contributed by atoms with Crippen LogP contribution in [0.2, 0.25) is 0 Å². The van der Waals surface area contributed by atoms with Gasteiger partial charge in [0.05, 0.1) is 13.2 Å². The fourth-order valence-electron chi connectivity index (χ4n) is 2.54. The summed E-state index contributed by atoms with van der Waals surface area (Å²) in [4.78, 5) is 24.6. The van der Waals surface area contributed by atoms with Gasteiger partial charge in [-0.05, 0) is 24.6 Å². The second-order valence-electron chi connectivity index (χ2n) is 5.43. The van der Waals surface area contributed by atoms with Crippen molar-refractivity contribution < 1.29 is 13.9 Å². The number of nitrogens with one attached hydrogen (secondary N) is 1. The van der Waals surface area contributed by atoms with Gasteiger partial charge in [-0.15, -0.1) is 0 Å². The Kier molecular flexibility index (Phi) is 4.33. The van der Waals surface area contributed by atoms with E-state index in [1.165, 1.54) is 13.2 Å². The number of carbonyl (C=O) groups is 1. The highest BCUT2D eigenvalue weighted by molar-refractivity contribution is 5.97. The highest BCUT2D eigenvalue weighted by Gasteiger charge is 2.17. The minimum absolute atomic E-state index is 0.0291. The molecule has 0 aliphatic rings. The molecule has 0 unspecified atom stereocenters. The standard InChI is InChI=1S/C19H17NO4/c1-12(13-7-4-3-5-8-13)20-18(21)15-11-14-9-6-10-16(23-2)17(14)24-19(15)22/h3-12H,1-2H3,(H,20,21)/t12-/m1/s1. The summed E-state index contributed by atoms with van der Waals surface area (Å²) in [7, 11) is 1.50. The van der Waals surface area contributed by atoms with Crippen molar-refractivity contribution in [2.24, 2.45) is 0 Å². The molecule has 2 aromatic carbocycles. The van der Waals surface area contributed by atoms with Crippen molar-refractivity contribution in [3.8, 4) is 5.75 Å². The average Bonchev–Trinajstić information content (AvgIpc) is 2.61. The van der Waals surface area contributed by atoms with Crippen LogP contribution in [0, 0.1) is 0 Å². The molecule has 0 bridgehead atoms. The van der Waals surface area contributed by atoms with E-state index in [0.717, 1.165) is 5.56 Å². The third kappa shape index (κ3) is 3.01. The van der Waals surface area contributed by atoms with E-state index in [2.05, 4.69) is 5.32 Å². The quantitative estimate of drug-likeness (QED) is 0.748. The fourth-order valence-corrected chi connectivity index (χ4v) is 2.54. The van der Waals surface area contributed by atoms with E-state index in [1.54, 1.807) is 18.2 Å². The molecule has 1 heterocycles. The third-order valence-electron chi connectivity index (χ3n) is 3.84. The first-order valence-corrected chi connectivity index (χ1v) is 7.57. The molecule has 1 amide bonds. The van der Waals surface area contributed by atoms with Crippen molar-refractivity contribution >= 4 is 16.9 Å². The summed E-state index contributed by atoms with van der Waals surface area (Å²) in [5, 5.41) is 3.45. The monoisotopic (exact) mass is 323 g/mol. The molecule has 5 nitrogen and oxygen atoms in total. The first-order chi connectivity index (χ1) is 11.6. The summed E-state index contributed by atoms with van der Waals surface area (Å²) in [5.41, 5.74) is 0.568. The molecule has 0 aliphatic heterocycles. The SMILES string of the molecule is COc1cccc2cc(C(=O)N[C@H](C)c3ccccc3)c(=O)oc12. The Morgan fingerprint density at radius 3 is 2.58 bits per heavy atom. The van der Waals surface area contributed by atoms with E-state index in [4.69, 9.17) is 9.15 Å². The number of benzene rings is 2. The lowest BCUT2D eigenvalue weighted by molar-refractivity contribution is 0.0936. The van der Waals surface area contributed by atoms with Crippen LogP contribution in [0.5, 0.6) is 5.75 Å². The van der Waals surface area contributed by atoms with Gasteiger partial charge in [0.25, 0.3) is 5.91 Å². The van der Waals surface area contributed by atoms with Gasteiger partial charge in [-0.1, -0.05) is 42.5 Å². The summed E-state index contributed by atoms with van der Waals surface area (Å²) >= 11 is 0. The molecule has 5 heteroatoms. The van der Waals surface area contributed by atoms with Gasteiger partial charge in [-0.25, -0.2) is 4.79 Å². The van der Waals surface area contributed by atoms with Gasteiger partial charge in [0.2, 0.25) is 0 Å². The van der Waals surface area contributed by atoms with Crippen molar-refractivity contribution in [1.82, 2.24) is 5.32 Å². The minimum atomic E-state index is -0.690. The maximum atomic E-state index is 12.4. The van der Waals surface area contributed by atoms with Crippen LogP contribution < -0.4 is 15.7 Å². The number of para-hydroxylation sites is 1. The fraction of sp³-hybridized carbons (Fsp3) is 0.158. The molecule has 1 aromatic heterocycles. The molecular weight excluding hydrogens is 306 g/mol. The van der Waals surface area contributed by atoms with Crippen LogP contribution in [0.25, 0.3) is 11.0 Å². The number of hydrogen-bond donors (Lipinski definition) is 1. The van der Waals surface area contributed by atoms with Crippen LogP contribution in [0.1, 0.15) is 28.9 Å². The zero-order chi connectivity index (χ0) is 17.1. The zero-order valence-electron chi connectivity index (χ0n) is 13.4. The van der Waals surface area contributed by atoms with Gasteiger partial charge in [0, 0.05) is 5.39 Å². The Balaban J connectivity index is 1.93. The van der Waals surface area contributed by atoms with E-state index in [9.17, 15) is 9.59 Å². The van der Waals surface area contributed by atoms with Crippen molar-refractivity contribution in [1.29, 1.82) is 0 Å². The topological polar surface area (TPSA) is 68.5 Å². The molecule has 3 rings (SSSR count). The van der Waals surface area contributed by atoms with E-state index < -0.39 is 11.5 Å². The van der Waals surface area contributed by atoms with E-state index >= 15 is 0 Å². The summed E-state index contributed by atoms with van der Waals surface area (Å²) in [6.07, 6.45) is 0. The van der Waals surface area contributed by atoms with Gasteiger partial charge in [-0.2, -0.15) is 0 Å². The van der Waals surface area contributed by atoms with Gasteiger partial charge < -0.3 is 14.5 Å². The second-order valence-corrected chi connectivity index (χ2v) is 5.43. The number of methoxy groups -OCH3 is 1. The molecule has 0 fully saturated rings. The van der Waals surface area contributed by atoms with Gasteiger partial charge in [-0.3, -0.25) is 4.79 Å². The van der Waals surface area contributed by atoms with E-state index in [1.807, 2.05) is 37.3 Å². The predicted molar refractivity (Wildman–Crippen MR) is 91.4 cm³/mol. The zero-order valence-corrected chi connectivity index (χ0v) is 13.4. The van der Waals surface area contributed by atoms with Gasteiger partial charge >= 0.3 is 5.63 Å². The minimum Gasteiger partial charge on any atom is -0.493 e. The molecule has 0 radical (unpaired) electrons. The van der Waals surface area contributed by atoms with Gasteiger partial charge in [0.1, 0.15) is 5.56 Å². The summed E-state index contributed by atoms with van der Waals surface area (Å²) in [5.74, 6) is -0.0148.